The predicted octanol–water partition coefficient (Wildman–Crippen LogP) is 2.08. The summed E-state index contributed by atoms with van der Waals surface area (Å²) < 4.78 is 0. The van der Waals surface area contributed by atoms with Crippen molar-refractivity contribution in [3.63, 3.8) is 0 Å². The van der Waals surface area contributed by atoms with Crippen LogP contribution < -0.4 is 10.6 Å². The Morgan fingerprint density at radius 2 is 2.21 bits per heavy atom. The molecule has 0 radical (unpaired) electrons. The Morgan fingerprint density at radius 1 is 1.42 bits per heavy atom. The van der Waals surface area contributed by atoms with E-state index in [0.717, 1.165) is 25.2 Å². The van der Waals surface area contributed by atoms with Crippen molar-refractivity contribution in [1.29, 1.82) is 0 Å². The Balaban J connectivity index is 0.00000180. The first-order chi connectivity index (χ1) is 8.75. The second-order valence-corrected chi connectivity index (χ2v) is 5.12. The summed E-state index contributed by atoms with van der Waals surface area (Å²) in [5.74, 6) is 0.731. The summed E-state index contributed by atoms with van der Waals surface area (Å²) >= 11 is 0. The fourth-order valence-electron chi connectivity index (χ4n) is 2.40. The van der Waals surface area contributed by atoms with Crippen molar-refractivity contribution in [3.8, 4) is 0 Å². The van der Waals surface area contributed by atoms with Gasteiger partial charge in [0.1, 0.15) is 0 Å². The third kappa shape index (κ3) is 5.21. The number of nitrogens with one attached hydrogen (secondary N) is 2. The van der Waals surface area contributed by atoms with Gasteiger partial charge in [-0.3, -0.25) is 4.79 Å². The lowest BCUT2D eigenvalue weighted by Gasteiger charge is -2.22. The van der Waals surface area contributed by atoms with E-state index in [1.54, 1.807) is 0 Å². The Labute approximate surface area is 121 Å². The number of carbonyl (C=O) groups excluding carboxylic acids is 1. The largest absolute Gasteiger partial charge is 0.355 e. The van der Waals surface area contributed by atoms with Gasteiger partial charge in [0.05, 0.1) is 6.42 Å². The maximum atomic E-state index is 11.9. The van der Waals surface area contributed by atoms with Gasteiger partial charge in [0.15, 0.2) is 0 Å². The quantitative estimate of drug-likeness (QED) is 0.888. The number of halogens is 1. The van der Waals surface area contributed by atoms with E-state index in [-0.39, 0.29) is 18.3 Å². The van der Waals surface area contributed by atoms with E-state index in [4.69, 9.17) is 0 Å². The van der Waals surface area contributed by atoms with Crippen molar-refractivity contribution in [3.05, 3.63) is 35.4 Å². The van der Waals surface area contributed by atoms with Gasteiger partial charge < -0.3 is 10.6 Å². The summed E-state index contributed by atoms with van der Waals surface area (Å²) in [5.41, 5.74) is 2.31. The zero-order chi connectivity index (χ0) is 12.8. The molecule has 1 fully saturated rings. The Morgan fingerprint density at radius 3 is 2.89 bits per heavy atom. The number of hydrogen-bond donors (Lipinski definition) is 2. The number of benzene rings is 1. The molecule has 2 rings (SSSR count). The Bertz CT molecular complexity index is 403. The van der Waals surface area contributed by atoms with Crippen LogP contribution in [0, 0.1) is 12.8 Å². The second-order valence-electron chi connectivity index (χ2n) is 5.12. The van der Waals surface area contributed by atoms with Crippen molar-refractivity contribution in [2.45, 2.75) is 26.2 Å². The summed E-state index contributed by atoms with van der Waals surface area (Å²) in [4.78, 5) is 11.9. The molecule has 1 heterocycles. The van der Waals surface area contributed by atoms with E-state index >= 15 is 0 Å². The van der Waals surface area contributed by atoms with Crippen LogP contribution in [0.1, 0.15) is 24.0 Å². The van der Waals surface area contributed by atoms with E-state index < -0.39 is 0 Å². The average Bonchev–Trinajstić information content (AvgIpc) is 2.40. The van der Waals surface area contributed by atoms with Gasteiger partial charge in [-0.15, -0.1) is 12.4 Å². The van der Waals surface area contributed by atoms with Crippen molar-refractivity contribution < 1.29 is 4.79 Å². The van der Waals surface area contributed by atoms with Gasteiger partial charge in [-0.25, -0.2) is 0 Å². The van der Waals surface area contributed by atoms with E-state index in [0.29, 0.717) is 12.3 Å². The third-order valence-electron chi connectivity index (χ3n) is 3.60. The summed E-state index contributed by atoms with van der Waals surface area (Å²) in [6, 6.07) is 8.07. The fourth-order valence-corrected chi connectivity index (χ4v) is 2.40. The smallest absolute Gasteiger partial charge is 0.224 e. The summed E-state index contributed by atoms with van der Waals surface area (Å²) in [5, 5.41) is 6.42. The van der Waals surface area contributed by atoms with Crippen LogP contribution in [0.4, 0.5) is 0 Å². The van der Waals surface area contributed by atoms with Crippen LogP contribution in [-0.4, -0.2) is 25.5 Å². The lowest BCUT2D eigenvalue weighted by molar-refractivity contribution is -0.120. The van der Waals surface area contributed by atoms with Crippen LogP contribution >= 0.6 is 12.4 Å². The number of rotatable bonds is 4. The molecule has 0 spiro atoms. The van der Waals surface area contributed by atoms with Gasteiger partial charge in [-0.1, -0.05) is 24.3 Å². The standard InChI is InChI=1S/C15H22N2O.ClH/c1-12-5-2-3-7-14(12)9-15(18)17-11-13-6-4-8-16-10-13;/h2-3,5,7,13,16H,4,6,8-11H2,1H3,(H,17,18);1H. The zero-order valence-electron chi connectivity index (χ0n) is 11.4. The molecule has 1 aliphatic rings. The zero-order valence-corrected chi connectivity index (χ0v) is 12.3. The molecule has 1 aromatic rings. The highest BCUT2D eigenvalue weighted by atomic mass is 35.5. The molecule has 3 nitrogen and oxygen atoms in total. The van der Waals surface area contributed by atoms with Crippen LogP contribution in [0.2, 0.25) is 0 Å². The minimum Gasteiger partial charge on any atom is -0.355 e. The first kappa shape index (κ1) is 16.0. The van der Waals surface area contributed by atoms with Gasteiger partial charge in [0.2, 0.25) is 5.91 Å². The lowest BCUT2D eigenvalue weighted by Crippen LogP contribution is -2.38. The molecule has 1 amide bonds. The number of piperidine rings is 1. The van der Waals surface area contributed by atoms with Crippen LogP contribution in [0.5, 0.6) is 0 Å². The van der Waals surface area contributed by atoms with Crippen molar-refractivity contribution >= 4 is 18.3 Å². The van der Waals surface area contributed by atoms with E-state index in [2.05, 4.69) is 10.6 Å². The van der Waals surface area contributed by atoms with Crippen LogP contribution in [0.3, 0.4) is 0 Å². The van der Waals surface area contributed by atoms with E-state index in [1.807, 2.05) is 31.2 Å². The molecule has 0 saturated carbocycles. The Hall–Kier alpha value is -1.06. The van der Waals surface area contributed by atoms with Crippen LogP contribution in [0.15, 0.2) is 24.3 Å². The number of amides is 1. The molecule has 4 heteroatoms. The molecule has 19 heavy (non-hydrogen) atoms. The second kappa shape index (κ2) is 8.18. The molecule has 106 valence electrons. The number of aryl methyl sites for hydroxylation is 1. The molecule has 0 aliphatic carbocycles. The highest BCUT2D eigenvalue weighted by Crippen LogP contribution is 2.09. The highest BCUT2D eigenvalue weighted by Gasteiger charge is 2.14. The van der Waals surface area contributed by atoms with Gasteiger partial charge in [0.25, 0.3) is 0 Å². The van der Waals surface area contributed by atoms with Crippen molar-refractivity contribution in [2.75, 3.05) is 19.6 Å². The highest BCUT2D eigenvalue weighted by molar-refractivity contribution is 5.85. The molecular weight excluding hydrogens is 260 g/mol. The molecule has 1 aromatic carbocycles. The van der Waals surface area contributed by atoms with Gasteiger partial charge in [-0.2, -0.15) is 0 Å². The summed E-state index contributed by atoms with van der Waals surface area (Å²) in [7, 11) is 0. The average molecular weight is 283 g/mol. The minimum atomic E-state index is 0. The Kier molecular flexibility index (Phi) is 6.89. The van der Waals surface area contributed by atoms with Gasteiger partial charge >= 0.3 is 0 Å². The maximum absolute atomic E-state index is 11.9. The first-order valence-corrected chi connectivity index (χ1v) is 6.77. The van der Waals surface area contributed by atoms with Crippen molar-refractivity contribution in [2.24, 2.45) is 5.92 Å². The molecule has 1 aliphatic heterocycles. The van der Waals surface area contributed by atoms with Gasteiger partial charge in [0, 0.05) is 6.54 Å². The number of carbonyl (C=O) groups is 1. The monoisotopic (exact) mass is 282 g/mol. The van der Waals surface area contributed by atoms with Crippen LogP contribution in [0.25, 0.3) is 0 Å². The maximum Gasteiger partial charge on any atom is 0.224 e. The predicted molar refractivity (Wildman–Crippen MR) is 80.7 cm³/mol. The molecule has 1 atom stereocenters. The summed E-state index contributed by atoms with van der Waals surface area (Å²) in [6.45, 7) is 5.00. The molecular formula is C15H23ClN2O. The summed E-state index contributed by atoms with van der Waals surface area (Å²) in [6.07, 6.45) is 2.93. The lowest BCUT2D eigenvalue weighted by atomic mass is 9.99. The minimum absolute atomic E-state index is 0. The molecule has 1 saturated heterocycles. The first-order valence-electron chi connectivity index (χ1n) is 6.77. The molecule has 0 aromatic heterocycles. The number of hydrogen-bond acceptors (Lipinski definition) is 2. The van der Waals surface area contributed by atoms with Gasteiger partial charge in [-0.05, 0) is 49.9 Å². The SMILES string of the molecule is Cc1ccccc1CC(=O)NCC1CCCNC1.Cl. The van der Waals surface area contributed by atoms with E-state index in [9.17, 15) is 4.79 Å². The molecule has 0 bridgehead atoms. The van der Waals surface area contributed by atoms with E-state index in [1.165, 1.54) is 18.4 Å². The fraction of sp³-hybridized carbons (Fsp3) is 0.533. The topological polar surface area (TPSA) is 41.1 Å². The molecule has 1 unspecified atom stereocenters. The van der Waals surface area contributed by atoms with Crippen LogP contribution in [-0.2, 0) is 11.2 Å². The normalized spacial score (nSPS) is 18.5. The third-order valence-corrected chi connectivity index (χ3v) is 3.60. The molecule has 2 N–H and O–H groups in total. The van der Waals surface area contributed by atoms with Crippen molar-refractivity contribution in [1.82, 2.24) is 10.6 Å².